The number of likely N-dealkylation sites (N-methyl/N-ethyl adjacent to an activating group) is 1. The van der Waals surface area contributed by atoms with E-state index in [-0.39, 0.29) is 5.75 Å². The molecular weight excluding hydrogens is 290 g/mol. The fraction of sp³-hybridized carbons (Fsp3) is 0.455. The van der Waals surface area contributed by atoms with Gasteiger partial charge in [0.1, 0.15) is 5.75 Å². The van der Waals surface area contributed by atoms with Gasteiger partial charge < -0.3 is 25.0 Å². The van der Waals surface area contributed by atoms with Crippen LogP contribution in [0.3, 0.4) is 0 Å². The molecular formula is C11H16BrNO4. The highest BCUT2D eigenvalue weighted by atomic mass is 79.9. The lowest BCUT2D eigenvalue weighted by Crippen LogP contribution is -2.17. The van der Waals surface area contributed by atoms with Gasteiger partial charge >= 0.3 is 0 Å². The highest BCUT2D eigenvalue weighted by molar-refractivity contribution is 9.10. The monoisotopic (exact) mass is 305 g/mol. The molecule has 1 atom stereocenters. The summed E-state index contributed by atoms with van der Waals surface area (Å²) < 4.78 is 10.7. The summed E-state index contributed by atoms with van der Waals surface area (Å²) >= 11 is 3.30. The maximum Gasteiger partial charge on any atom is 0.175 e. The number of phenolic OH excluding ortho intramolecular Hbond substituents is 1. The number of rotatable bonds is 5. The molecule has 3 N–H and O–H groups in total. The van der Waals surface area contributed by atoms with Crippen LogP contribution in [0.1, 0.15) is 11.7 Å². The van der Waals surface area contributed by atoms with Crippen LogP contribution in [-0.4, -0.2) is 38.0 Å². The number of phenols is 1. The number of ether oxygens (including phenoxy) is 2. The zero-order valence-electron chi connectivity index (χ0n) is 9.95. The van der Waals surface area contributed by atoms with Gasteiger partial charge in [0.15, 0.2) is 11.5 Å². The normalized spacial score (nSPS) is 12.3. The predicted octanol–water partition coefficient (Wildman–Crippen LogP) is 1.42. The largest absolute Gasteiger partial charge is 0.507 e. The van der Waals surface area contributed by atoms with Gasteiger partial charge in [-0.1, -0.05) is 0 Å². The minimum absolute atomic E-state index is 0.0442. The maximum absolute atomic E-state index is 9.92. The molecule has 1 aromatic carbocycles. The van der Waals surface area contributed by atoms with Crippen molar-refractivity contribution < 1.29 is 19.7 Å². The van der Waals surface area contributed by atoms with Crippen LogP contribution in [0.15, 0.2) is 10.5 Å². The second-order valence-electron chi connectivity index (χ2n) is 3.43. The summed E-state index contributed by atoms with van der Waals surface area (Å²) in [4.78, 5) is 0. The Hall–Kier alpha value is -0.980. The minimum atomic E-state index is -0.839. The van der Waals surface area contributed by atoms with Crippen molar-refractivity contribution in [3.8, 4) is 17.2 Å². The quantitative estimate of drug-likeness (QED) is 0.767. The Bertz CT molecular complexity index is 398. The maximum atomic E-state index is 9.92. The van der Waals surface area contributed by atoms with Crippen molar-refractivity contribution in [2.24, 2.45) is 0 Å². The van der Waals surface area contributed by atoms with E-state index in [4.69, 9.17) is 9.47 Å². The Morgan fingerprint density at radius 2 is 2.06 bits per heavy atom. The molecule has 0 aromatic heterocycles. The molecule has 0 heterocycles. The molecule has 0 amide bonds. The van der Waals surface area contributed by atoms with Gasteiger partial charge in [0.2, 0.25) is 0 Å². The third-order valence-corrected chi connectivity index (χ3v) is 3.15. The summed E-state index contributed by atoms with van der Waals surface area (Å²) in [5.74, 6) is 0.796. The van der Waals surface area contributed by atoms with Crippen LogP contribution in [0, 0.1) is 0 Å². The van der Waals surface area contributed by atoms with Gasteiger partial charge in [-0.15, -0.1) is 0 Å². The van der Waals surface area contributed by atoms with Gasteiger partial charge in [0.05, 0.1) is 24.8 Å². The minimum Gasteiger partial charge on any atom is -0.507 e. The molecule has 0 aliphatic carbocycles. The lowest BCUT2D eigenvalue weighted by Gasteiger charge is -2.18. The van der Waals surface area contributed by atoms with Crippen LogP contribution < -0.4 is 14.8 Å². The van der Waals surface area contributed by atoms with Crippen molar-refractivity contribution >= 4 is 15.9 Å². The molecule has 96 valence electrons. The van der Waals surface area contributed by atoms with E-state index < -0.39 is 6.10 Å². The summed E-state index contributed by atoms with van der Waals surface area (Å²) in [7, 11) is 4.69. The Morgan fingerprint density at radius 3 is 2.53 bits per heavy atom. The second-order valence-corrected chi connectivity index (χ2v) is 4.23. The smallest absolute Gasteiger partial charge is 0.175 e. The molecule has 5 nitrogen and oxygen atoms in total. The van der Waals surface area contributed by atoms with E-state index >= 15 is 0 Å². The molecule has 0 radical (unpaired) electrons. The van der Waals surface area contributed by atoms with Crippen molar-refractivity contribution in [1.82, 2.24) is 5.32 Å². The molecule has 0 aliphatic heterocycles. The summed E-state index contributed by atoms with van der Waals surface area (Å²) in [6, 6.07) is 1.41. The lowest BCUT2D eigenvalue weighted by molar-refractivity contribution is 0.172. The van der Waals surface area contributed by atoms with Gasteiger partial charge in [0, 0.05) is 18.2 Å². The summed E-state index contributed by atoms with van der Waals surface area (Å²) in [5.41, 5.74) is 0.372. The number of benzene rings is 1. The van der Waals surface area contributed by atoms with Crippen molar-refractivity contribution in [3.05, 3.63) is 16.1 Å². The Labute approximate surface area is 108 Å². The first-order valence-corrected chi connectivity index (χ1v) is 5.82. The van der Waals surface area contributed by atoms with E-state index in [1.165, 1.54) is 20.3 Å². The molecule has 17 heavy (non-hydrogen) atoms. The summed E-state index contributed by atoms with van der Waals surface area (Å²) in [6.07, 6.45) is -0.839. The number of nitrogens with one attached hydrogen (secondary N) is 1. The van der Waals surface area contributed by atoms with E-state index in [0.29, 0.717) is 28.1 Å². The first-order chi connectivity index (χ1) is 8.06. The zero-order chi connectivity index (χ0) is 13.0. The fourth-order valence-corrected chi connectivity index (χ4v) is 2.39. The van der Waals surface area contributed by atoms with Crippen LogP contribution >= 0.6 is 15.9 Å². The zero-order valence-corrected chi connectivity index (χ0v) is 11.5. The SMILES string of the molecule is CNCC(O)c1c(O)cc(OC)c(OC)c1Br. The van der Waals surface area contributed by atoms with Crippen molar-refractivity contribution in [2.75, 3.05) is 27.8 Å². The van der Waals surface area contributed by atoms with Gasteiger partial charge in [-0.3, -0.25) is 0 Å². The van der Waals surface area contributed by atoms with Crippen LogP contribution in [0.2, 0.25) is 0 Å². The molecule has 0 aliphatic rings. The molecule has 1 rings (SSSR count). The topological polar surface area (TPSA) is 71.0 Å². The highest BCUT2D eigenvalue weighted by Gasteiger charge is 2.22. The first kappa shape index (κ1) is 14.1. The molecule has 0 spiro atoms. The lowest BCUT2D eigenvalue weighted by atomic mass is 10.1. The van der Waals surface area contributed by atoms with Crippen molar-refractivity contribution in [2.45, 2.75) is 6.10 Å². The van der Waals surface area contributed by atoms with Gasteiger partial charge in [0.25, 0.3) is 0 Å². The molecule has 0 saturated heterocycles. The van der Waals surface area contributed by atoms with E-state index in [0.717, 1.165) is 0 Å². The molecule has 0 bridgehead atoms. The predicted molar refractivity (Wildman–Crippen MR) is 67.8 cm³/mol. The molecule has 1 unspecified atom stereocenters. The van der Waals surface area contributed by atoms with Gasteiger partial charge in [-0.05, 0) is 23.0 Å². The van der Waals surface area contributed by atoms with Crippen LogP contribution in [0.5, 0.6) is 17.2 Å². The second kappa shape index (κ2) is 6.09. The highest BCUT2D eigenvalue weighted by Crippen LogP contribution is 2.44. The Balaban J connectivity index is 3.31. The third kappa shape index (κ3) is 2.83. The molecule has 0 saturated carbocycles. The number of aliphatic hydroxyl groups excluding tert-OH is 1. The average Bonchev–Trinajstić information content (AvgIpc) is 2.28. The van der Waals surface area contributed by atoms with Crippen LogP contribution in [0.4, 0.5) is 0 Å². The van der Waals surface area contributed by atoms with E-state index in [1.54, 1.807) is 7.05 Å². The number of aromatic hydroxyl groups is 1. The number of halogens is 1. The standard InChI is InChI=1S/C11H16BrNO4/c1-13-5-7(15)9-6(14)4-8(16-2)11(17-3)10(9)12/h4,7,13-15H,5H2,1-3H3. The number of hydrogen-bond acceptors (Lipinski definition) is 5. The van der Waals surface area contributed by atoms with E-state index in [1.807, 2.05) is 0 Å². The summed E-state index contributed by atoms with van der Waals surface area (Å²) in [5, 5.41) is 22.6. The van der Waals surface area contributed by atoms with Crippen molar-refractivity contribution in [3.63, 3.8) is 0 Å². The van der Waals surface area contributed by atoms with E-state index in [2.05, 4.69) is 21.2 Å². The molecule has 1 aromatic rings. The Morgan fingerprint density at radius 1 is 1.41 bits per heavy atom. The van der Waals surface area contributed by atoms with Gasteiger partial charge in [-0.2, -0.15) is 0 Å². The summed E-state index contributed by atoms with van der Waals surface area (Å²) in [6.45, 7) is 0.321. The van der Waals surface area contributed by atoms with Gasteiger partial charge in [-0.25, -0.2) is 0 Å². The first-order valence-electron chi connectivity index (χ1n) is 5.02. The molecule has 0 fully saturated rings. The number of aliphatic hydroxyl groups is 1. The van der Waals surface area contributed by atoms with E-state index in [9.17, 15) is 10.2 Å². The molecule has 6 heteroatoms. The van der Waals surface area contributed by atoms with Crippen LogP contribution in [0.25, 0.3) is 0 Å². The third-order valence-electron chi connectivity index (χ3n) is 2.36. The Kier molecular flexibility index (Phi) is 5.04. The van der Waals surface area contributed by atoms with Crippen LogP contribution in [-0.2, 0) is 0 Å². The average molecular weight is 306 g/mol. The van der Waals surface area contributed by atoms with Crippen molar-refractivity contribution in [1.29, 1.82) is 0 Å². The number of hydrogen-bond donors (Lipinski definition) is 3. The number of methoxy groups -OCH3 is 2. The fourth-order valence-electron chi connectivity index (χ4n) is 1.56.